The van der Waals surface area contributed by atoms with E-state index < -0.39 is 9.84 Å². The van der Waals surface area contributed by atoms with Gasteiger partial charge in [0.1, 0.15) is 5.76 Å². The topological polar surface area (TPSA) is 63.7 Å². The van der Waals surface area contributed by atoms with Gasteiger partial charge in [-0.2, -0.15) is 0 Å². The van der Waals surface area contributed by atoms with Gasteiger partial charge < -0.3 is 4.74 Å². The molecule has 1 aliphatic rings. The first-order chi connectivity index (χ1) is 14.6. The number of allylic oxidation sites excluding steroid dienone is 2. The summed E-state index contributed by atoms with van der Waals surface area (Å²) in [6.07, 6.45) is 3.71. The van der Waals surface area contributed by atoms with Crippen LogP contribution < -0.4 is 4.90 Å². The van der Waals surface area contributed by atoms with Gasteiger partial charge in [0, 0.05) is 12.5 Å². The third kappa shape index (κ3) is 4.66. The first-order valence-electron chi connectivity index (χ1n) is 10.1. The lowest BCUT2D eigenvalue weighted by molar-refractivity contribution is -0.113. The fraction of sp³-hybridized carbons (Fsp3) is 0.280. The van der Waals surface area contributed by atoms with Crippen molar-refractivity contribution in [3.63, 3.8) is 0 Å². The molecule has 3 rings (SSSR count). The Bertz CT molecular complexity index is 1200. The zero-order valence-corrected chi connectivity index (χ0v) is 19.1. The molecule has 0 saturated heterocycles. The van der Waals surface area contributed by atoms with E-state index in [1.807, 2.05) is 33.8 Å². The van der Waals surface area contributed by atoms with Crippen LogP contribution in [0.2, 0.25) is 0 Å². The molecule has 0 radical (unpaired) electrons. The number of amides is 1. The Hall–Kier alpha value is -3.08. The number of para-hydroxylation sites is 1. The van der Waals surface area contributed by atoms with Gasteiger partial charge in [-0.15, -0.1) is 0 Å². The second-order valence-electron chi connectivity index (χ2n) is 8.36. The van der Waals surface area contributed by atoms with E-state index in [1.54, 1.807) is 36.4 Å². The zero-order valence-electron chi connectivity index (χ0n) is 18.3. The summed E-state index contributed by atoms with van der Waals surface area (Å²) in [5.41, 5.74) is 4.05. The number of sulfone groups is 1. The van der Waals surface area contributed by atoms with Crippen molar-refractivity contribution in [1.82, 2.24) is 0 Å². The number of fused-ring (bicyclic) bond motifs is 2. The fourth-order valence-corrected chi connectivity index (χ4v) is 4.95. The summed E-state index contributed by atoms with van der Waals surface area (Å²) in [6.45, 7) is 12.0. The Morgan fingerprint density at radius 2 is 1.81 bits per heavy atom. The lowest BCUT2D eigenvalue weighted by Gasteiger charge is -2.31. The lowest BCUT2D eigenvalue weighted by Crippen LogP contribution is -2.31. The van der Waals surface area contributed by atoms with E-state index in [2.05, 4.69) is 12.3 Å². The third-order valence-electron chi connectivity index (χ3n) is 4.78. The summed E-state index contributed by atoms with van der Waals surface area (Å²) < 4.78 is 32.0. The largest absolute Gasteiger partial charge is 0.490 e. The molecule has 0 unspecified atom stereocenters. The Morgan fingerprint density at radius 3 is 2.45 bits per heavy atom. The van der Waals surface area contributed by atoms with Crippen LogP contribution in [0, 0.1) is 5.41 Å². The maximum atomic E-state index is 13.3. The second-order valence-corrected chi connectivity index (χ2v) is 10.2. The Kier molecular flexibility index (Phi) is 6.25. The number of benzene rings is 2. The van der Waals surface area contributed by atoms with Crippen LogP contribution in [0.1, 0.15) is 33.3 Å². The standard InChI is InChI=1S/C25H27NO4S/c1-6-19(30-7-2)16-18-12-13-23-21(17-18)26(24(27)14-15-25(3,4)5)20-10-8-9-11-22(20)31(23,28)29/h8-15,17H,1,7,16H2,2-5H3/b15-14-. The molecule has 2 aromatic rings. The van der Waals surface area contributed by atoms with Gasteiger partial charge in [-0.05, 0) is 42.2 Å². The zero-order chi connectivity index (χ0) is 22.8. The van der Waals surface area contributed by atoms with Gasteiger partial charge in [0.05, 0.1) is 27.8 Å². The quantitative estimate of drug-likeness (QED) is 0.359. The minimum absolute atomic E-state index is 0.105. The van der Waals surface area contributed by atoms with E-state index in [1.165, 1.54) is 17.0 Å². The highest BCUT2D eigenvalue weighted by Gasteiger charge is 2.36. The molecule has 0 saturated carbocycles. The number of anilines is 2. The summed E-state index contributed by atoms with van der Waals surface area (Å²) in [5, 5.41) is 0. The van der Waals surface area contributed by atoms with Gasteiger partial charge in [0.15, 0.2) is 0 Å². The van der Waals surface area contributed by atoms with Gasteiger partial charge in [-0.25, -0.2) is 8.42 Å². The maximum Gasteiger partial charge on any atom is 0.255 e. The summed E-state index contributed by atoms with van der Waals surface area (Å²) in [6, 6.07) is 11.6. The van der Waals surface area contributed by atoms with Gasteiger partial charge in [-0.3, -0.25) is 9.69 Å². The second kappa shape index (κ2) is 8.58. The van der Waals surface area contributed by atoms with E-state index in [9.17, 15) is 13.2 Å². The predicted octanol–water partition coefficient (Wildman–Crippen LogP) is 5.35. The number of ether oxygens (including phenoxy) is 1. The van der Waals surface area contributed by atoms with Crippen LogP contribution >= 0.6 is 0 Å². The smallest absolute Gasteiger partial charge is 0.255 e. The van der Waals surface area contributed by atoms with Crippen LogP contribution in [0.4, 0.5) is 11.4 Å². The van der Waals surface area contributed by atoms with Crippen molar-refractivity contribution in [3.05, 3.63) is 78.2 Å². The molecule has 0 aliphatic carbocycles. The van der Waals surface area contributed by atoms with Crippen LogP contribution in [0.25, 0.3) is 0 Å². The van der Waals surface area contributed by atoms with E-state index in [0.717, 1.165) is 5.56 Å². The van der Waals surface area contributed by atoms with Crippen LogP contribution in [-0.4, -0.2) is 20.9 Å². The van der Waals surface area contributed by atoms with Crippen molar-refractivity contribution in [2.75, 3.05) is 11.5 Å². The van der Waals surface area contributed by atoms with E-state index in [-0.39, 0.29) is 21.1 Å². The fourth-order valence-electron chi connectivity index (χ4n) is 3.35. The molecule has 0 fully saturated rings. The van der Waals surface area contributed by atoms with Crippen LogP contribution in [0.15, 0.2) is 82.5 Å². The molecule has 0 N–H and O–H groups in total. The van der Waals surface area contributed by atoms with Crippen molar-refractivity contribution in [3.8, 4) is 0 Å². The molecule has 0 spiro atoms. The Morgan fingerprint density at radius 1 is 1.13 bits per heavy atom. The summed E-state index contributed by atoms with van der Waals surface area (Å²) in [4.78, 5) is 15.0. The Labute approximate surface area is 184 Å². The summed E-state index contributed by atoms with van der Waals surface area (Å²) in [7, 11) is -3.76. The van der Waals surface area contributed by atoms with E-state index in [0.29, 0.717) is 30.2 Å². The number of hydrogen-bond donors (Lipinski definition) is 0. The van der Waals surface area contributed by atoms with Gasteiger partial charge >= 0.3 is 0 Å². The number of carbonyl (C=O) groups is 1. The molecular formula is C25H27NO4S. The average molecular weight is 438 g/mol. The van der Waals surface area contributed by atoms with Crippen molar-refractivity contribution in [2.45, 2.75) is 43.9 Å². The van der Waals surface area contributed by atoms with Crippen molar-refractivity contribution in [2.24, 2.45) is 5.41 Å². The summed E-state index contributed by atoms with van der Waals surface area (Å²) in [5.74, 6) is 0.256. The van der Waals surface area contributed by atoms with Gasteiger partial charge in [-0.1, -0.05) is 57.4 Å². The molecule has 6 heteroatoms. The van der Waals surface area contributed by atoms with Crippen molar-refractivity contribution in [1.29, 1.82) is 0 Å². The normalized spacial score (nSPS) is 14.5. The molecule has 2 aromatic carbocycles. The highest BCUT2D eigenvalue weighted by Crippen LogP contribution is 2.44. The summed E-state index contributed by atoms with van der Waals surface area (Å²) >= 11 is 0. The van der Waals surface area contributed by atoms with Crippen molar-refractivity contribution < 1.29 is 17.9 Å². The minimum Gasteiger partial charge on any atom is -0.490 e. The van der Waals surface area contributed by atoms with Crippen LogP contribution in [-0.2, 0) is 25.8 Å². The van der Waals surface area contributed by atoms with Crippen molar-refractivity contribution >= 4 is 27.1 Å². The molecule has 1 heterocycles. The maximum absolute atomic E-state index is 13.3. The highest BCUT2D eigenvalue weighted by molar-refractivity contribution is 7.92. The van der Waals surface area contributed by atoms with Gasteiger partial charge in [0.2, 0.25) is 9.84 Å². The molecule has 0 atom stereocenters. The number of hydrogen-bond acceptors (Lipinski definition) is 4. The molecule has 1 amide bonds. The molecule has 0 aromatic heterocycles. The SMILES string of the molecule is C=C=C(Cc1ccc2c(c1)N(C(=O)/C=C\C(C)(C)C)c1ccccc1S2(=O)=O)OCC. The molecule has 5 nitrogen and oxygen atoms in total. The lowest BCUT2D eigenvalue weighted by atomic mass is 9.96. The first kappa shape index (κ1) is 22.6. The first-order valence-corrected chi connectivity index (χ1v) is 11.6. The number of rotatable bonds is 5. The number of carbonyl (C=O) groups excluding carboxylic acids is 1. The molecule has 1 aliphatic heterocycles. The monoisotopic (exact) mass is 437 g/mol. The molecule has 162 valence electrons. The molecule has 31 heavy (non-hydrogen) atoms. The van der Waals surface area contributed by atoms with Crippen LogP contribution in [0.5, 0.6) is 0 Å². The van der Waals surface area contributed by atoms with E-state index in [4.69, 9.17) is 4.74 Å². The van der Waals surface area contributed by atoms with Crippen LogP contribution in [0.3, 0.4) is 0 Å². The molecule has 0 bridgehead atoms. The van der Waals surface area contributed by atoms with E-state index >= 15 is 0 Å². The average Bonchev–Trinajstić information content (AvgIpc) is 2.71. The Balaban J connectivity index is 2.18. The van der Waals surface area contributed by atoms with Gasteiger partial charge in [0.25, 0.3) is 5.91 Å². The third-order valence-corrected chi connectivity index (χ3v) is 6.62. The highest BCUT2D eigenvalue weighted by atomic mass is 32.2. The molecular weight excluding hydrogens is 410 g/mol. The minimum atomic E-state index is -3.76. The number of nitrogens with zero attached hydrogens (tertiary/aromatic N) is 1. The predicted molar refractivity (Wildman–Crippen MR) is 122 cm³/mol.